The standard InChI is InChI=1S/C18H17FN2O3S/c1-2-12-10-13-17(25-12)20-15(9-11-5-3-4-6-14(11)19)21(18(13)24)8-7-16(22)23/h3-6,10H,2,7-9H2,1H3,(H,22,23). The number of hydrogen-bond donors (Lipinski definition) is 1. The van der Waals surface area contributed by atoms with Crippen molar-refractivity contribution in [2.24, 2.45) is 0 Å². The van der Waals surface area contributed by atoms with Gasteiger partial charge in [-0.15, -0.1) is 11.3 Å². The van der Waals surface area contributed by atoms with Gasteiger partial charge in [0, 0.05) is 17.8 Å². The van der Waals surface area contributed by atoms with E-state index in [1.54, 1.807) is 24.3 Å². The van der Waals surface area contributed by atoms with Gasteiger partial charge >= 0.3 is 5.97 Å². The number of aliphatic carboxylic acids is 1. The molecular weight excluding hydrogens is 343 g/mol. The molecule has 3 aromatic rings. The average Bonchev–Trinajstić information content (AvgIpc) is 3.00. The minimum atomic E-state index is -0.997. The van der Waals surface area contributed by atoms with Crippen LogP contribution in [0.3, 0.4) is 0 Å². The third-order valence-corrected chi connectivity index (χ3v) is 5.16. The Hall–Kier alpha value is -2.54. The molecule has 0 saturated heterocycles. The van der Waals surface area contributed by atoms with Crippen LogP contribution >= 0.6 is 11.3 Å². The Morgan fingerprint density at radius 1 is 1.36 bits per heavy atom. The lowest BCUT2D eigenvalue weighted by atomic mass is 10.1. The van der Waals surface area contributed by atoms with E-state index in [1.165, 1.54) is 22.0 Å². The lowest BCUT2D eigenvalue weighted by Crippen LogP contribution is -2.26. The molecule has 25 heavy (non-hydrogen) atoms. The second kappa shape index (κ2) is 7.14. The summed E-state index contributed by atoms with van der Waals surface area (Å²) in [6, 6.07) is 8.11. The van der Waals surface area contributed by atoms with Crippen molar-refractivity contribution in [1.29, 1.82) is 0 Å². The Morgan fingerprint density at radius 3 is 2.80 bits per heavy atom. The fourth-order valence-electron chi connectivity index (χ4n) is 2.67. The number of rotatable bonds is 6. The summed E-state index contributed by atoms with van der Waals surface area (Å²) in [5.41, 5.74) is 0.152. The van der Waals surface area contributed by atoms with E-state index in [9.17, 15) is 14.0 Å². The number of halogens is 1. The third kappa shape index (κ3) is 3.61. The highest BCUT2D eigenvalue weighted by molar-refractivity contribution is 7.18. The van der Waals surface area contributed by atoms with Crippen molar-refractivity contribution in [2.45, 2.75) is 32.7 Å². The summed E-state index contributed by atoms with van der Waals surface area (Å²) >= 11 is 1.44. The Morgan fingerprint density at radius 2 is 2.12 bits per heavy atom. The quantitative estimate of drug-likeness (QED) is 0.733. The summed E-state index contributed by atoms with van der Waals surface area (Å²) in [7, 11) is 0. The number of hydrogen-bond acceptors (Lipinski definition) is 4. The summed E-state index contributed by atoms with van der Waals surface area (Å²) in [4.78, 5) is 29.9. The number of nitrogens with zero attached hydrogens (tertiary/aromatic N) is 2. The molecule has 0 radical (unpaired) electrons. The van der Waals surface area contributed by atoms with Gasteiger partial charge in [-0.1, -0.05) is 25.1 Å². The first kappa shape index (κ1) is 17.3. The average molecular weight is 360 g/mol. The molecular formula is C18H17FN2O3S. The first-order chi connectivity index (χ1) is 12.0. The summed E-state index contributed by atoms with van der Waals surface area (Å²) in [6.07, 6.45) is 0.733. The molecule has 0 spiro atoms. The van der Waals surface area contributed by atoms with E-state index in [4.69, 9.17) is 5.11 Å². The van der Waals surface area contributed by atoms with E-state index < -0.39 is 5.97 Å². The van der Waals surface area contributed by atoms with Gasteiger partial charge in [0.2, 0.25) is 0 Å². The van der Waals surface area contributed by atoms with E-state index in [2.05, 4.69) is 4.98 Å². The third-order valence-electron chi connectivity index (χ3n) is 3.99. The second-order valence-electron chi connectivity index (χ2n) is 5.68. The summed E-state index contributed by atoms with van der Waals surface area (Å²) in [6.45, 7) is 2.01. The normalized spacial score (nSPS) is 11.1. The molecule has 1 N–H and O–H groups in total. The van der Waals surface area contributed by atoms with Crippen molar-refractivity contribution >= 4 is 27.5 Å². The van der Waals surface area contributed by atoms with Crippen LogP contribution in [0.1, 0.15) is 29.6 Å². The highest BCUT2D eigenvalue weighted by atomic mass is 32.1. The van der Waals surface area contributed by atoms with Crippen LogP contribution in [0.25, 0.3) is 10.2 Å². The van der Waals surface area contributed by atoms with E-state index in [0.29, 0.717) is 21.6 Å². The van der Waals surface area contributed by atoms with Gasteiger partial charge in [0.05, 0.1) is 11.8 Å². The van der Waals surface area contributed by atoms with Gasteiger partial charge in [0.25, 0.3) is 5.56 Å². The van der Waals surface area contributed by atoms with Gasteiger partial charge in [-0.25, -0.2) is 9.37 Å². The number of aryl methyl sites for hydroxylation is 1. The highest BCUT2D eigenvalue weighted by Gasteiger charge is 2.16. The number of carbonyl (C=O) groups is 1. The molecule has 2 heterocycles. The fraction of sp³-hybridized carbons (Fsp3) is 0.278. The molecule has 0 aliphatic heterocycles. The maximum Gasteiger partial charge on any atom is 0.305 e. The summed E-state index contributed by atoms with van der Waals surface area (Å²) in [5, 5.41) is 9.44. The Kier molecular flexibility index (Phi) is 4.94. The van der Waals surface area contributed by atoms with E-state index in [-0.39, 0.29) is 30.8 Å². The largest absolute Gasteiger partial charge is 0.481 e. The smallest absolute Gasteiger partial charge is 0.305 e. The number of carboxylic acid groups (broad SMARTS) is 1. The van der Waals surface area contributed by atoms with Crippen molar-refractivity contribution in [3.8, 4) is 0 Å². The molecule has 5 nitrogen and oxygen atoms in total. The molecule has 0 saturated carbocycles. The van der Waals surface area contributed by atoms with E-state index in [0.717, 1.165) is 11.3 Å². The molecule has 1 aromatic carbocycles. The summed E-state index contributed by atoms with van der Waals surface area (Å²) < 4.78 is 15.3. The molecule has 0 fully saturated rings. The first-order valence-electron chi connectivity index (χ1n) is 7.97. The minimum Gasteiger partial charge on any atom is -0.481 e. The molecule has 2 aromatic heterocycles. The number of benzene rings is 1. The predicted octanol–water partition coefficient (Wildman–Crippen LogP) is 3.23. The molecule has 0 unspecified atom stereocenters. The van der Waals surface area contributed by atoms with Crippen LogP contribution in [-0.2, 0) is 24.2 Å². The van der Waals surface area contributed by atoms with Crippen LogP contribution < -0.4 is 5.56 Å². The maximum atomic E-state index is 14.0. The van der Waals surface area contributed by atoms with Gasteiger partial charge in [-0.2, -0.15) is 0 Å². The SMILES string of the molecule is CCc1cc2c(=O)n(CCC(=O)O)c(Cc3ccccc3F)nc2s1. The van der Waals surface area contributed by atoms with E-state index >= 15 is 0 Å². The van der Waals surface area contributed by atoms with Gasteiger partial charge in [-0.3, -0.25) is 14.2 Å². The monoisotopic (exact) mass is 360 g/mol. The maximum absolute atomic E-state index is 14.0. The van der Waals surface area contributed by atoms with Crippen LogP contribution in [0.2, 0.25) is 0 Å². The Labute approximate surface area is 147 Å². The van der Waals surface area contributed by atoms with Gasteiger partial charge in [0.15, 0.2) is 0 Å². The zero-order chi connectivity index (χ0) is 18.0. The van der Waals surface area contributed by atoms with Crippen molar-refractivity contribution < 1.29 is 14.3 Å². The molecule has 3 rings (SSSR count). The fourth-order valence-corrected chi connectivity index (χ4v) is 3.64. The highest BCUT2D eigenvalue weighted by Crippen LogP contribution is 2.23. The molecule has 130 valence electrons. The Bertz CT molecular complexity index is 994. The zero-order valence-corrected chi connectivity index (χ0v) is 14.5. The van der Waals surface area contributed by atoms with Gasteiger partial charge in [0.1, 0.15) is 16.5 Å². The minimum absolute atomic E-state index is 0.0121. The molecule has 7 heteroatoms. The van der Waals surface area contributed by atoms with Crippen molar-refractivity contribution in [3.63, 3.8) is 0 Å². The molecule has 0 amide bonds. The molecule has 0 atom stereocenters. The zero-order valence-electron chi connectivity index (χ0n) is 13.7. The number of carboxylic acids is 1. The summed E-state index contributed by atoms with van der Waals surface area (Å²) in [5.74, 6) is -0.987. The van der Waals surface area contributed by atoms with Crippen LogP contribution in [0.5, 0.6) is 0 Å². The number of thiophene rings is 1. The van der Waals surface area contributed by atoms with E-state index in [1.807, 2.05) is 6.92 Å². The van der Waals surface area contributed by atoms with Crippen LogP contribution in [-0.4, -0.2) is 20.6 Å². The van der Waals surface area contributed by atoms with Crippen LogP contribution in [0.15, 0.2) is 35.1 Å². The van der Waals surface area contributed by atoms with Crippen molar-refractivity contribution in [1.82, 2.24) is 9.55 Å². The molecule has 0 aliphatic carbocycles. The predicted molar refractivity (Wildman–Crippen MR) is 94.7 cm³/mol. The number of fused-ring (bicyclic) bond motifs is 1. The van der Waals surface area contributed by atoms with Gasteiger partial charge in [-0.05, 0) is 24.1 Å². The van der Waals surface area contributed by atoms with Crippen LogP contribution in [0, 0.1) is 5.82 Å². The van der Waals surface area contributed by atoms with Crippen molar-refractivity contribution in [2.75, 3.05) is 0 Å². The first-order valence-corrected chi connectivity index (χ1v) is 8.78. The molecule has 0 bridgehead atoms. The van der Waals surface area contributed by atoms with Crippen molar-refractivity contribution in [3.05, 3.63) is 62.8 Å². The lowest BCUT2D eigenvalue weighted by molar-refractivity contribution is -0.137. The van der Waals surface area contributed by atoms with Crippen LogP contribution in [0.4, 0.5) is 4.39 Å². The molecule has 0 aliphatic rings. The Balaban J connectivity index is 2.13. The second-order valence-corrected chi connectivity index (χ2v) is 6.80. The topological polar surface area (TPSA) is 72.2 Å². The lowest BCUT2D eigenvalue weighted by Gasteiger charge is -2.12. The number of aromatic nitrogens is 2. The van der Waals surface area contributed by atoms with Gasteiger partial charge < -0.3 is 5.11 Å².